The van der Waals surface area contributed by atoms with Crippen LogP contribution in [0.1, 0.15) is 10.4 Å². The first-order valence-corrected chi connectivity index (χ1v) is 4.61. The summed E-state index contributed by atoms with van der Waals surface area (Å²) in [6.45, 7) is 0. The van der Waals surface area contributed by atoms with Crippen LogP contribution in [0.4, 0.5) is 0 Å². The topological polar surface area (TPSA) is 66.9 Å². The molecule has 0 aliphatic heterocycles. The van der Waals surface area contributed by atoms with Crippen molar-refractivity contribution in [3.63, 3.8) is 0 Å². The Hall–Kier alpha value is -1.00. The number of rotatable bonds is 1. The molecule has 0 unspecified atom stereocenters. The molecule has 0 saturated heterocycles. The van der Waals surface area contributed by atoms with Gasteiger partial charge in [0.25, 0.3) is 0 Å². The second-order valence-electron chi connectivity index (χ2n) is 2.26. The summed E-state index contributed by atoms with van der Waals surface area (Å²) in [4.78, 5) is 11.3. The molecule has 13 heavy (non-hydrogen) atoms. The Balaban J connectivity index is 2.78. The molecule has 0 fully saturated rings. The lowest BCUT2D eigenvalue weighted by Gasteiger charge is -1.97. The lowest BCUT2D eigenvalue weighted by molar-refractivity contribution is 0.109. The minimum absolute atomic E-state index is 0.208. The zero-order chi connectivity index (χ0) is 9.84. The fourth-order valence-electron chi connectivity index (χ4n) is 0.745. The zero-order valence-electron chi connectivity index (χ0n) is 6.58. The van der Waals surface area contributed by atoms with Gasteiger partial charge in [-0.1, -0.05) is 11.6 Å². The lowest BCUT2D eigenvalue weighted by Crippen LogP contribution is -2.08. The van der Waals surface area contributed by atoms with E-state index < -0.39 is 0 Å². The zero-order valence-corrected chi connectivity index (χ0v) is 8.15. The third-order valence-corrected chi connectivity index (χ3v) is 2.18. The number of nitrogens with two attached hydrogens (primary N) is 1. The number of nitrogens with one attached hydrogen (secondary N) is 1. The number of carbonyl (C=O) groups excluding carboxylic acids is 1. The third kappa shape index (κ3) is 3.08. The summed E-state index contributed by atoms with van der Waals surface area (Å²) < 4.78 is 0. The van der Waals surface area contributed by atoms with Gasteiger partial charge in [0.15, 0.2) is 5.17 Å². The van der Waals surface area contributed by atoms with E-state index in [1.54, 1.807) is 24.3 Å². The smallest absolute Gasteiger partial charge is 0.226 e. The summed E-state index contributed by atoms with van der Waals surface area (Å²) in [5.74, 6) is 0. The van der Waals surface area contributed by atoms with E-state index in [1.807, 2.05) is 0 Å². The van der Waals surface area contributed by atoms with Crippen LogP contribution < -0.4 is 5.73 Å². The predicted octanol–water partition coefficient (Wildman–Crippen LogP) is 2.11. The molecule has 0 heterocycles. The van der Waals surface area contributed by atoms with Gasteiger partial charge >= 0.3 is 0 Å². The van der Waals surface area contributed by atoms with Gasteiger partial charge in [-0.25, -0.2) is 0 Å². The molecule has 0 aliphatic carbocycles. The van der Waals surface area contributed by atoms with Crippen LogP contribution in [0.3, 0.4) is 0 Å². The highest BCUT2D eigenvalue weighted by Gasteiger charge is 2.07. The Morgan fingerprint density at radius 1 is 1.38 bits per heavy atom. The SMILES string of the molecule is N=C(N)SC(=O)c1ccc(Cl)cc1. The van der Waals surface area contributed by atoms with Crippen molar-refractivity contribution in [3.8, 4) is 0 Å². The molecule has 3 N–H and O–H groups in total. The first-order valence-electron chi connectivity index (χ1n) is 3.41. The number of amidine groups is 1. The molecule has 1 aromatic rings. The normalized spacial score (nSPS) is 9.62. The number of carbonyl (C=O) groups is 1. The van der Waals surface area contributed by atoms with E-state index >= 15 is 0 Å². The first-order chi connectivity index (χ1) is 6.09. The van der Waals surface area contributed by atoms with E-state index in [-0.39, 0.29) is 10.3 Å². The standard InChI is InChI=1S/C8H7ClN2OS/c9-6-3-1-5(2-4-6)7(12)13-8(10)11/h1-4H,(H3,10,11). The maximum absolute atomic E-state index is 11.3. The quantitative estimate of drug-likeness (QED) is 0.556. The number of thioether (sulfide) groups is 1. The maximum atomic E-state index is 11.3. The van der Waals surface area contributed by atoms with E-state index in [2.05, 4.69) is 0 Å². The average Bonchev–Trinajstić information content (AvgIpc) is 2.04. The van der Waals surface area contributed by atoms with Gasteiger partial charge in [0, 0.05) is 10.6 Å². The molecule has 0 aliphatic rings. The van der Waals surface area contributed by atoms with Gasteiger partial charge in [-0.15, -0.1) is 0 Å². The van der Waals surface area contributed by atoms with Crippen molar-refractivity contribution in [2.45, 2.75) is 0 Å². The van der Waals surface area contributed by atoms with Gasteiger partial charge in [0.1, 0.15) is 0 Å². The summed E-state index contributed by atoms with van der Waals surface area (Å²) in [6, 6.07) is 6.44. The van der Waals surface area contributed by atoms with Crippen molar-refractivity contribution >= 4 is 33.6 Å². The molecule has 1 aromatic carbocycles. The second kappa shape index (κ2) is 4.30. The molecule has 0 atom stereocenters. The van der Waals surface area contributed by atoms with Gasteiger partial charge in [0.2, 0.25) is 5.12 Å². The predicted molar refractivity (Wildman–Crippen MR) is 55.3 cm³/mol. The molecule has 1 rings (SSSR count). The Morgan fingerprint density at radius 2 is 1.92 bits per heavy atom. The summed E-state index contributed by atoms with van der Waals surface area (Å²) in [5.41, 5.74) is 5.55. The van der Waals surface area contributed by atoms with Crippen LogP contribution in [0.15, 0.2) is 24.3 Å². The fraction of sp³-hybridized carbons (Fsp3) is 0. The van der Waals surface area contributed by atoms with Crippen LogP contribution in [0.5, 0.6) is 0 Å². The monoisotopic (exact) mass is 214 g/mol. The minimum atomic E-state index is -0.246. The summed E-state index contributed by atoms with van der Waals surface area (Å²) in [6.07, 6.45) is 0. The molecule has 0 bridgehead atoms. The van der Waals surface area contributed by atoms with Crippen LogP contribution in [0, 0.1) is 5.41 Å². The highest BCUT2D eigenvalue weighted by atomic mass is 35.5. The van der Waals surface area contributed by atoms with Gasteiger partial charge in [-0.05, 0) is 36.0 Å². The molecule has 3 nitrogen and oxygen atoms in total. The summed E-state index contributed by atoms with van der Waals surface area (Å²) >= 11 is 6.33. The largest absolute Gasteiger partial charge is 0.378 e. The van der Waals surface area contributed by atoms with E-state index in [4.69, 9.17) is 22.7 Å². The van der Waals surface area contributed by atoms with Gasteiger partial charge < -0.3 is 5.73 Å². The van der Waals surface area contributed by atoms with Crippen molar-refractivity contribution in [3.05, 3.63) is 34.9 Å². The lowest BCUT2D eigenvalue weighted by atomic mass is 10.2. The third-order valence-electron chi connectivity index (χ3n) is 1.28. The number of benzene rings is 1. The molecular formula is C8H7ClN2OS. The van der Waals surface area contributed by atoms with Crippen molar-refractivity contribution < 1.29 is 4.79 Å². The summed E-state index contributed by atoms with van der Waals surface area (Å²) in [5, 5.41) is 7.03. The maximum Gasteiger partial charge on any atom is 0.226 e. The molecule has 0 radical (unpaired) electrons. The van der Waals surface area contributed by atoms with Crippen molar-refractivity contribution in [1.29, 1.82) is 5.41 Å². The first kappa shape index (κ1) is 10.1. The second-order valence-corrected chi connectivity index (χ2v) is 3.71. The molecular weight excluding hydrogens is 208 g/mol. The van der Waals surface area contributed by atoms with Crippen LogP contribution in [-0.4, -0.2) is 10.3 Å². The van der Waals surface area contributed by atoms with Gasteiger partial charge in [0.05, 0.1) is 0 Å². The highest BCUT2D eigenvalue weighted by Crippen LogP contribution is 2.14. The van der Waals surface area contributed by atoms with Crippen molar-refractivity contribution in [1.82, 2.24) is 0 Å². The molecule has 0 amide bonds. The molecule has 5 heteroatoms. The van der Waals surface area contributed by atoms with E-state index in [0.29, 0.717) is 22.3 Å². The van der Waals surface area contributed by atoms with E-state index in [1.165, 1.54) is 0 Å². The van der Waals surface area contributed by atoms with E-state index in [9.17, 15) is 4.79 Å². The summed E-state index contributed by atoms with van der Waals surface area (Å²) in [7, 11) is 0. The Morgan fingerprint density at radius 3 is 2.38 bits per heavy atom. The molecule has 0 saturated carbocycles. The minimum Gasteiger partial charge on any atom is -0.378 e. The number of hydrogen-bond acceptors (Lipinski definition) is 3. The number of halogens is 1. The van der Waals surface area contributed by atoms with Crippen LogP contribution in [0.25, 0.3) is 0 Å². The molecule has 0 spiro atoms. The Labute approximate surface area is 84.8 Å². The van der Waals surface area contributed by atoms with E-state index in [0.717, 1.165) is 0 Å². The molecule has 0 aromatic heterocycles. The van der Waals surface area contributed by atoms with Crippen LogP contribution >= 0.6 is 23.4 Å². The highest BCUT2D eigenvalue weighted by molar-refractivity contribution is 8.26. The van der Waals surface area contributed by atoms with Crippen molar-refractivity contribution in [2.24, 2.45) is 5.73 Å². The van der Waals surface area contributed by atoms with Gasteiger partial charge in [-0.3, -0.25) is 10.2 Å². The van der Waals surface area contributed by atoms with Gasteiger partial charge in [-0.2, -0.15) is 0 Å². The number of hydrogen-bond donors (Lipinski definition) is 2. The van der Waals surface area contributed by atoms with Crippen molar-refractivity contribution in [2.75, 3.05) is 0 Å². The average molecular weight is 215 g/mol. The van der Waals surface area contributed by atoms with Crippen LogP contribution in [0.2, 0.25) is 5.02 Å². The fourth-order valence-corrected chi connectivity index (χ4v) is 1.32. The molecule has 68 valence electrons. The van der Waals surface area contributed by atoms with Crippen LogP contribution in [-0.2, 0) is 0 Å². The Kier molecular flexibility index (Phi) is 3.33. The Bertz CT molecular complexity index is 337.